The van der Waals surface area contributed by atoms with Gasteiger partial charge in [-0.1, -0.05) is 12.1 Å². The molecular weight excluding hydrogens is 499 g/mol. The average molecular weight is 526 g/mol. The fourth-order valence-corrected chi connectivity index (χ4v) is 6.00. The van der Waals surface area contributed by atoms with Gasteiger partial charge in [-0.2, -0.15) is 18.4 Å². The highest BCUT2D eigenvalue weighted by molar-refractivity contribution is 7.92. The van der Waals surface area contributed by atoms with Gasteiger partial charge in [0, 0.05) is 24.6 Å². The Morgan fingerprint density at radius 2 is 1.89 bits per heavy atom. The van der Waals surface area contributed by atoms with Crippen LogP contribution in [0.4, 0.5) is 18.0 Å². The molecule has 1 heterocycles. The van der Waals surface area contributed by atoms with Crippen molar-refractivity contribution in [2.75, 3.05) is 7.11 Å². The van der Waals surface area contributed by atoms with Crippen LogP contribution in [0.3, 0.4) is 0 Å². The minimum Gasteiger partial charge on any atom is -0.465 e. The zero-order chi connectivity index (χ0) is 26.7. The summed E-state index contributed by atoms with van der Waals surface area (Å²) in [4.78, 5) is 13.4. The van der Waals surface area contributed by atoms with Crippen LogP contribution < -0.4 is 5.32 Å². The number of sulfone groups is 1. The van der Waals surface area contributed by atoms with Crippen LogP contribution in [-0.4, -0.2) is 48.6 Å². The third-order valence-electron chi connectivity index (χ3n) is 6.25. The molecule has 8 nitrogen and oxygen atoms in total. The monoisotopic (exact) mass is 525 g/mol. The molecule has 2 aliphatic rings. The number of hydrogen-bond donors (Lipinski definition) is 2. The number of nitrogens with one attached hydrogen (secondary N) is 1. The van der Waals surface area contributed by atoms with E-state index in [-0.39, 0.29) is 18.1 Å². The first-order chi connectivity index (χ1) is 16.8. The smallest absolute Gasteiger partial charge is 0.417 e. The number of amides is 1. The fourth-order valence-electron chi connectivity index (χ4n) is 3.99. The number of pyridine rings is 1. The molecular formula is C24H26F3N3O5S. The van der Waals surface area contributed by atoms with Gasteiger partial charge in [-0.3, -0.25) is 4.98 Å². The van der Waals surface area contributed by atoms with Crippen molar-refractivity contribution in [2.24, 2.45) is 0 Å². The summed E-state index contributed by atoms with van der Waals surface area (Å²) in [6.07, 6.45) is -2.34. The number of hydrogen-bond acceptors (Lipinski definition) is 6. The molecule has 0 bridgehead atoms. The van der Waals surface area contributed by atoms with Gasteiger partial charge in [0.15, 0.2) is 9.84 Å². The predicted octanol–water partition coefficient (Wildman–Crippen LogP) is 4.73. The largest absolute Gasteiger partial charge is 0.465 e. The summed E-state index contributed by atoms with van der Waals surface area (Å²) in [6.45, 7) is 1.77. The lowest BCUT2D eigenvalue weighted by atomic mass is 10.0. The zero-order valence-corrected chi connectivity index (χ0v) is 20.5. The fraction of sp³-hybridized carbons (Fsp3) is 0.458. The Bertz CT molecular complexity index is 1250. The lowest BCUT2D eigenvalue weighted by molar-refractivity contribution is -0.139. The topological polar surface area (TPSA) is 129 Å². The van der Waals surface area contributed by atoms with Gasteiger partial charge in [0.05, 0.1) is 27.9 Å². The van der Waals surface area contributed by atoms with Gasteiger partial charge in [-0.05, 0) is 62.8 Å². The molecule has 2 saturated carbocycles. The summed E-state index contributed by atoms with van der Waals surface area (Å²) in [5, 5.41) is 17.8. The number of rotatable bonds is 5. The van der Waals surface area contributed by atoms with Gasteiger partial charge in [-0.25, -0.2) is 13.2 Å². The average Bonchev–Trinajstić information content (AvgIpc) is 3.40. The van der Waals surface area contributed by atoms with Crippen molar-refractivity contribution in [3.63, 3.8) is 0 Å². The van der Waals surface area contributed by atoms with Crippen LogP contribution in [0.25, 0.3) is 11.1 Å². The lowest BCUT2D eigenvalue weighted by Crippen LogP contribution is -2.33. The van der Waals surface area contributed by atoms with Gasteiger partial charge < -0.3 is 15.2 Å². The predicted molar refractivity (Wildman–Crippen MR) is 124 cm³/mol. The molecule has 0 radical (unpaired) electrons. The van der Waals surface area contributed by atoms with Crippen LogP contribution in [0, 0.1) is 18.3 Å². The molecule has 1 aromatic heterocycles. The number of halogens is 3. The maximum absolute atomic E-state index is 13.7. The van der Waals surface area contributed by atoms with Gasteiger partial charge >= 0.3 is 12.3 Å². The number of alkyl halides is 3. The van der Waals surface area contributed by atoms with Crippen molar-refractivity contribution >= 4 is 15.9 Å². The van der Waals surface area contributed by atoms with Crippen LogP contribution >= 0.6 is 0 Å². The number of methoxy groups -OCH3 is 1. The molecule has 2 atom stereocenters. The molecule has 2 N–H and O–H groups in total. The lowest BCUT2D eigenvalue weighted by Gasteiger charge is -2.18. The summed E-state index contributed by atoms with van der Waals surface area (Å²) < 4.78 is 71.9. The molecule has 36 heavy (non-hydrogen) atoms. The maximum atomic E-state index is 13.7. The standard InChI is InChI=1S/C19H20F3NO3S.C5H6N2O2/c1-12-3-4-14(11-23-12)13-5-8-18(17(9-13)19(20,21)22)27(24,25)16-7-6-15(10-16)26-2;6-3-5(1-2-5)7-4(8)9/h3-5,8-9,11,15-16H,6-7,10H2,1-2H3;7H,1-2H2,(H,8,9)/t15-,16-;/m1./s1. The van der Waals surface area contributed by atoms with E-state index in [4.69, 9.17) is 15.1 Å². The van der Waals surface area contributed by atoms with E-state index in [1.54, 1.807) is 19.1 Å². The molecule has 12 heteroatoms. The zero-order valence-electron chi connectivity index (χ0n) is 19.7. The number of ether oxygens (including phenoxy) is 1. The number of carbonyl (C=O) groups is 1. The Morgan fingerprint density at radius 3 is 2.33 bits per heavy atom. The number of benzene rings is 1. The number of nitriles is 1. The van der Waals surface area contributed by atoms with E-state index >= 15 is 0 Å². The minimum absolute atomic E-state index is 0.208. The molecule has 2 aromatic rings. The van der Waals surface area contributed by atoms with E-state index in [0.717, 1.165) is 17.8 Å². The van der Waals surface area contributed by atoms with Gasteiger partial charge in [-0.15, -0.1) is 0 Å². The molecule has 4 rings (SSSR count). The van der Waals surface area contributed by atoms with Crippen LogP contribution in [0.15, 0.2) is 41.4 Å². The van der Waals surface area contributed by atoms with Crippen molar-refractivity contribution < 1.29 is 36.2 Å². The third-order valence-corrected chi connectivity index (χ3v) is 8.53. The molecule has 2 fully saturated rings. The van der Waals surface area contributed by atoms with E-state index in [1.807, 2.05) is 6.07 Å². The molecule has 0 saturated heterocycles. The van der Waals surface area contributed by atoms with E-state index in [1.165, 1.54) is 19.4 Å². The molecule has 0 unspecified atom stereocenters. The summed E-state index contributed by atoms with van der Waals surface area (Å²) in [7, 11) is -2.64. The summed E-state index contributed by atoms with van der Waals surface area (Å²) >= 11 is 0. The van der Waals surface area contributed by atoms with Crippen LogP contribution in [-0.2, 0) is 20.8 Å². The number of aryl methyl sites for hydroxylation is 1. The second kappa shape index (κ2) is 10.4. The first kappa shape index (κ1) is 27.4. The first-order valence-corrected chi connectivity index (χ1v) is 12.7. The Balaban J connectivity index is 0.000000338. The van der Waals surface area contributed by atoms with Crippen molar-refractivity contribution in [3.05, 3.63) is 47.8 Å². The number of aromatic nitrogens is 1. The maximum Gasteiger partial charge on any atom is 0.417 e. The van der Waals surface area contributed by atoms with Crippen molar-refractivity contribution in [1.29, 1.82) is 5.26 Å². The second-order valence-electron chi connectivity index (χ2n) is 8.86. The van der Waals surface area contributed by atoms with Crippen molar-refractivity contribution in [2.45, 2.75) is 67.0 Å². The van der Waals surface area contributed by atoms with Gasteiger partial charge in [0.1, 0.15) is 5.54 Å². The quantitative estimate of drug-likeness (QED) is 0.577. The number of nitrogens with zero attached hydrogens (tertiary/aromatic N) is 2. The van der Waals surface area contributed by atoms with Crippen LogP contribution in [0.5, 0.6) is 0 Å². The van der Waals surface area contributed by atoms with Gasteiger partial charge in [0.25, 0.3) is 0 Å². The molecule has 0 spiro atoms. The highest BCUT2D eigenvalue weighted by Gasteiger charge is 2.45. The normalized spacial score (nSPS) is 20.6. The molecule has 1 amide bonds. The highest BCUT2D eigenvalue weighted by Crippen LogP contribution is 2.40. The Hall–Kier alpha value is -3.17. The van der Waals surface area contributed by atoms with Crippen LogP contribution in [0.2, 0.25) is 0 Å². The SMILES string of the molecule is CO[C@@H]1CC[C@@H](S(=O)(=O)c2ccc(-c3ccc(C)nc3)cc2C(F)(F)F)C1.N#CC1(NC(=O)O)CC1. The Kier molecular flexibility index (Phi) is 7.95. The van der Waals surface area contributed by atoms with Crippen LogP contribution in [0.1, 0.15) is 43.4 Å². The van der Waals surface area contributed by atoms with E-state index in [0.29, 0.717) is 31.2 Å². The van der Waals surface area contributed by atoms with Gasteiger partial charge in [0.2, 0.25) is 0 Å². The Labute approximate surface area is 207 Å². The third kappa shape index (κ3) is 6.33. The van der Waals surface area contributed by atoms with E-state index < -0.39 is 43.4 Å². The molecule has 1 aromatic carbocycles. The summed E-state index contributed by atoms with van der Waals surface area (Å²) in [5.41, 5.74) is -0.360. The van der Waals surface area contributed by atoms with Crippen molar-refractivity contribution in [3.8, 4) is 17.2 Å². The molecule has 194 valence electrons. The minimum atomic E-state index is -4.78. The van der Waals surface area contributed by atoms with E-state index in [2.05, 4.69) is 10.3 Å². The van der Waals surface area contributed by atoms with E-state index in [9.17, 15) is 26.4 Å². The summed E-state index contributed by atoms with van der Waals surface area (Å²) in [5.74, 6) is 0. The molecule has 0 aliphatic heterocycles. The summed E-state index contributed by atoms with van der Waals surface area (Å²) in [6, 6.07) is 8.60. The second-order valence-corrected chi connectivity index (χ2v) is 11.1. The molecule has 2 aliphatic carbocycles. The van der Waals surface area contributed by atoms with Crippen molar-refractivity contribution in [1.82, 2.24) is 10.3 Å². The highest BCUT2D eigenvalue weighted by atomic mass is 32.2. The Morgan fingerprint density at radius 1 is 1.22 bits per heavy atom. The number of carboxylic acid groups (broad SMARTS) is 1. The first-order valence-electron chi connectivity index (χ1n) is 11.1.